The second-order valence-corrected chi connectivity index (χ2v) is 5.74. The molecule has 3 N–H and O–H groups in total. The van der Waals surface area contributed by atoms with E-state index >= 15 is 0 Å². The van der Waals surface area contributed by atoms with Gasteiger partial charge in [-0.25, -0.2) is 9.98 Å². The molecule has 0 aliphatic carbocycles. The summed E-state index contributed by atoms with van der Waals surface area (Å²) in [5.41, 5.74) is 6.89. The van der Waals surface area contributed by atoms with Crippen LogP contribution < -0.4 is 11.1 Å². The summed E-state index contributed by atoms with van der Waals surface area (Å²) in [6.07, 6.45) is 0. The molecule has 0 aliphatic rings. The quantitative estimate of drug-likeness (QED) is 0.468. The monoisotopic (exact) mass is 382 g/mol. The number of nitrogens with one attached hydrogen (secondary N) is 1. The fourth-order valence-electron chi connectivity index (χ4n) is 1.18. The van der Waals surface area contributed by atoms with Crippen molar-refractivity contribution in [3.8, 4) is 0 Å². The fourth-order valence-corrected chi connectivity index (χ4v) is 2.06. The lowest BCUT2D eigenvalue weighted by molar-refractivity contribution is 0.621. The molecule has 104 valence electrons. The molecule has 0 saturated carbocycles. The first kappa shape index (κ1) is 17.6. The summed E-state index contributed by atoms with van der Waals surface area (Å²) in [4.78, 5) is 8.78. The third kappa shape index (κ3) is 6.53. The molecule has 0 aromatic carbocycles. The van der Waals surface area contributed by atoms with E-state index in [4.69, 9.17) is 5.73 Å². The van der Waals surface area contributed by atoms with E-state index in [-0.39, 0.29) is 24.0 Å². The van der Waals surface area contributed by atoms with Crippen LogP contribution in [-0.2, 0) is 6.54 Å². The third-order valence-corrected chi connectivity index (χ3v) is 3.09. The number of guanidine groups is 1. The summed E-state index contributed by atoms with van der Waals surface area (Å²) in [7, 11) is 0. The van der Waals surface area contributed by atoms with Gasteiger partial charge in [0.05, 0.1) is 12.2 Å². The number of nitrogens with zero attached hydrogens (tertiary/aromatic N) is 2. The molecular formula is C12H23IN4S. The fraction of sp³-hybridized carbons (Fsp3) is 0.667. The Kier molecular flexibility index (Phi) is 8.51. The summed E-state index contributed by atoms with van der Waals surface area (Å²) in [5, 5.41) is 6.19. The van der Waals surface area contributed by atoms with Crippen molar-refractivity contribution in [3.63, 3.8) is 0 Å². The van der Waals surface area contributed by atoms with E-state index in [0.29, 0.717) is 24.3 Å². The average molecular weight is 382 g/mol. The smallest absolute Gasteiger partial charge is 0.189 e. The molecule has 6 heteroatoms. The molecule has 0 saturated heterocycles. The Morgan fingerprint density at radius 2 is 2.11 bits per heavy atom. The zero-order valence-corrected chi connectivity index (χ0v) is 14.6. The van der Waals surface area contributed by atoms with Gasteiger partial charge in [0.25, 0.3) is 0 Å². The summed E-state index contributed by atoms with van der Waals surface area (Å²) in [5.74, 6) is 1.54. The summed E-state index contributed by atoms with van der Waals surface area (Å²) in [6.45, 7) is 9.96. The first-order valence-corrected chi connectivity index (χ1v) is 6.85. The SMILES string of the molecule is CC(C)CNC(N)=NCc1nc(C(C)C)cs1.I. The van der Waals surface area contributed by atoms with Crippen molar-refractivity contribution in [2.75, 3.05) is 6.54 Å². The Morgan fingerprint density at radius 1 is 1.44 bits per heavy atom. The van der Waals surface area contributed by atoms with Gasteiger partial charge in [-0.15, -0.1) is 35.3 Å². The van der Waals surface area contributed by atoms with E-state index in [0.717, 1.165) is 17.2 Å². The van der Waals surface area contributed by atoms with Gasteiger partial charge >= 0.3 is 0 Å². The number of thiazole rings is 1. The van der Waals surface area contributed by atoms with Gasteiger partial charge in [-0.1, -0.05) is 27.7 Å². The van der Waals surface area contributed by atoms with Crippen LogP contribution in [0.25, 0.3) is 0 Å². The lowest BCUT2D eigenvalue weighted by Crippen LogP contribution is -2.34. The number of halogens is 1. The first-order chi connectivity index (χ1) is 7.99. The summed E-state index contributed by atoms with van der Waals surface area (Å²) >= 11 is 1.64. The van der Waals surface area contributed by atoms with E-state index in [1.165, 1.54) is 0 Å². The van der Waals surface area contributed by atoms with Crippen LogP contribution in [0.15, 0.2) is 10.4 Å². The van der Waals surface area contributed by atoms with Crippen LogP contribution >= 0.6 is 35.3 Å². The number of aromatic nitrogens is 1. The van der Waals surface area contributed by atoms with Crippen LogP contribution in [0.1, 0.15) is 44.3 Å². The molecule has 0 fully saturated rings. The normalized spacial score (nSPS) is 11.8. The second-order valence-electron chi connectivity index (χ2n) is 4.80. The van der Waals surface area contributed by atoms with Crippen molar-refractivity contribution >= 4 is 41.3 Å². The maximum absolute atomic E-state index is 5.75. The van der Waals surface area contributed by atoms with Crippen LogP contribution in [0.3, 0.4) is 0 Å². The molecule has 1 rings (SSSR count). The second kappa shape index (κ2) is 8.68. The van der Waals surface area contributed by atoms with Crippen LogP contribution in [0.4, 0.5) is 0 Å². The zero-order valence-electron chi connectivity index (χ0n) is 11.4. The van der Waals surface area contributed by atoms with E-state index < -0.39 is 0 Å². The van der Waals surface area contributed by atoms with Crippen LogP contribution in [0, 0.1) is 5.92 Å². The van der Waals surface area contributed by atoms with Gasteiger partial charge in [0.15, 0.2) is 5.96 Å². The molecule has 18 heavy (non-hydrogen) atoms. The highest BCUT2D eigenvalue weighted by molar-refractivity contribution is 14.0. The molecule has 0 amide bonds. The van der Waals surface area contributed by atoms with E-state index in [2.05, 4.69) is 48.4 Å². The highest BCUT2D eigenvalue weighted by Crippen LogP contribution is 2.18. The molecule has 0 spiro atoms. The molecule has 0 bridgehead atoms. The Balaban J connectivity index is 0.00000289. The molecule has 0 aliphatic heterocycles. The molecule has 1 aromatic rings. The molecule has 0 radical (unpaired) electrons. The summed E-state index contributed by atoms with van der Waals surface area (Å²) in [6, 6.07) is 0. The van der Waals surface area contributed by atoms with Gasteiger partial charge in [-0.2, -0.15) is 0 Å². The number of hydrogen-bond donors (Lipinski definition) is 2. The van der Waals surface area contributed by atoms with E-state index in [9.17, 15) is 0 Å². The highest BCUT2D eigenvalue weighted by atomic mass is 127. The van der Waals surface area contributed by atoms with Crippen LogP contribution in [-0.4, -0.2) is 17.5 Å². The standard InChI is InChI=1S/C12H22N4S.HI/c1-8(2)5-14-12(13)15-6-11-16-10(7-17-11)9(3)4;/h7-9H,5-6H2,1-4H3,(H3,13,14,15);1H. The average Bonchev–Trinajstić information content (AvgIpc) is 2.72. The van der Waals surface area contributed by atoms with Crippen molar-refractivity contribution in [3.05, 3.63) is 16.1 Å². The maximum atomic E-state index is 5.75. The van der Waals surface area contributed by atoms with Gasteiger partial charge in [-0.3, -0.25) is 0 Å². The van der Waals surface area contributed by atoms with Crippen molar-refractivity contribution in [1.82, 2.24) is 10.3 Å². The Morgan fingerprint density at radius 3 is 2.61 bits per heavy atom. The van der Waals surface area contributed by atoms with Crippen molar-refractivity contribution in [2.24, 2.45) is 16.6 Å². The number of rotatable bonds is 5. The molecule has 0 unspecified atom stereocenters. The third-order valence-electron chi connectivity index (χ3n) is 2.24. The number of hydrogen-bond acceptors (Lipinski definition) is 3. The van der Waals surface area contributed by atoms with E-state index in [1.54, 1.807) is 11.3 Å². The predicted octanol–water partition coefficient (Wildman–Crippen LogP) is 2.94. The number of aliphatic imine (C=N–C) groups is 1. The minimum Gasteiger partial charge on any atom is -0.370 e. The Labute approximate surface area is 131 Å². The van der Waals surface area contributed by atoms with Crippen molar-refractivity contribution in [1.29, 1.82) is 0 Å². The minimum absolute atomic E-state index is 0. The molecule has 0 atom stereocenters. The van der Waals surface area contributed by atoms with Crippen LogP contribution in [0.2, 0.25) is 0 Å². The van der Waals surface area contributed by atoms with Gasteiger partial charge in [0.2, 0.25) is 0 Å². The highest BCUT2D eigenvalue weighted by Gasteiger charge is 2.05. The lowest BCUT2D eigenvalue weighted by Gasteiger charge is -2.07. The van der Waals surface area contributed by atoms with Gasteiger partial charge in [-0.05, 0) is 11.8 Å². The first-order valence-electron chi connectivity index (χ1n) is 5.97. The zero-order chi connectivity index (χ0) is 12.8. The van der Waals surface area contributed by atoms with Gasteiger partial charge in [0, 0.05) is 11.9 Å². The van der Waals surface area contributed by atoms with E-state index in [1.807, 2.05) is 0 Å². The van der Waals surface area contributed by atoms with Gasteiger partial charge < -0.3 is 11.1 Å². The summed E-state index contributed by atoms with van der Waals surface area (Å²) < 4.78 is 0. The number of nitrogens with two attached hydrogens (primary N) is 1. The Bertz CT molecular complexity index is 374. The lowest BCUT2D eigenvalue weighted by atomic mass is 10.2. The molecule has 4 nitrogen and oxygen atoms in total. The molecular weight excluding hydrogens is 359 g/mol. The van der Waals surface area contributed by atoms with Crippen LogP contribution in [0.5, 0.6) is 0 Å². The van der Waals surface area contributed by atoms with Gasteiger partial charge in [0.1, 0.15) is 5.01 Å². The Hall–Kier alpha value is -0.370. The molecule has 1 aromatic heterocycles. The topological polar surface area (TPSA) is 63.3 Å². The minimum atomic E-state index is 0. The predicted molar refractivity (Wildman–Crippen MR) is 89.8 cm³/mol. The van der Waals surface area contributed by atoms with Crippen molar-refractivity contribution < 1.29 is 0 Å². The molecule has 1 heterocycles. The largest absolute Gasteiger partial charge is 0.370 e. The maximum Gasteiger partial charge on any atom is 0.189 e. The van der Waals surface area contributed by atoms with Crippen molar-refractivity contribution in [2.45, 2.75) is 40.2 Å².